The highest BCUT2D eigenvalue weighted by Gasteiger charge is 2.23. The molecule has 0 heterocycles. The summed E-state index contributed by atoms with van der Waals surface area (Å²) in [6, 6.07) is 11.2. The molecule has 2 aromatic carbocycles. The van der Waals surface area contributed by atoms with Gasteiger partial charge in [0.2, 0.25) is 5.91 Å². The molecule has 4 heteroatoms. The predicted molar refractivity (Wildman–Crippen MR) is 85.3 cm³/mol. The monoisotopic (exact) mass is 286 g/mol. The number of benzene rings is 2. The molecule has 1 atom stereocenters. The van der Waals surface area contributed by atoms with Crippen molar-refractivity contribution < 1.29 is 9.53 Å². The van der Waals surface area contributed by atoms with Crippen LogP contribution in [0, 0.1) is 5.92 Å². The standard InChI is InChI=1S/C17H22N2O2/c1-11(2)10-19-16(17(18)20)15-13-7-5-4-6-12(13)8-9-14(15)21-3/h4-9,11,16,19H,10H2,1-3H3,(H2,18,20). The minimum Gasteiger partial charge on any atom is -0.496 e. The van der Waals surface area contributed by atoms with Crippen LogP contribution in [0.5, 0.6) is 5.75 Å². The molecule has 0 bridgehead atoms. The number of rotatable bonds is 6. The van der Waals surface area contributed by atoms with Crippen LogP contribution in [0.15, 0.2) is 36.4 Å². The van der Waals surface area contributed by atoms with Crippen LogP contribution in [0.3, 0.4) is 0 Å². The molecule has 3 N–H and O–H groups in total. The van der Waals surface area contributed by atoms with E-state index in [0.29, 0.717) is 18.2 Å². The summed E-state index contributed by atoms with van der Waals surface area (Å²) in [5, 5.41) is 5.29. The van der Waals surface area contributed by atoms with E-state index >= 15 is 0 Å². The zero-order valence-corrected chi connectivity index (χ0v) is 12.7. The van der Waals surface area contributed by atoms with Gasteiger partial charge in [-0.25, -0.2) is 0 Å². The van der Waals surface area contributed by atoms with Crippen LogP contribution in [-0.2, 0) is 4.79 Å². The highest BCUT2D eigenvalue weighted by molar-refractivity contribution is 5.94. The van der Waals surface area contributed by atoms with Gasteiger partial charge in [-0.15, -0.1) is 0 Å². The van der Waals surface area contributed by atoms with Crippen molar-refractivity contribution in [2.75, 3.05) is 13.7 Å². The number of methoxy groups -OCH3 is 1. The minimum atomic E-state index is -0.562. The molecule has 0 spiro atoms. The van der Waals surface area contributed by atoms with Gasteiger partial charge in [0.05, 0.1) is 7.11 Å². The number of amides is 1. The van der Waals surface area contributed by atoms with Crippen LogP contribution in [0.4, 0.5) is 0 Å². The fourth-order valence-electron chi connectivity index (χ4n) is 2.45. The second-order valence-electron chi connectivity index (χ2n) is 5.54. The molecule has 0 saturated carbocycles. The summed E-state index contributed by atoms with van der Waals surface area (Å²) in [4.78, 5) is 11.9. The van der Waals surface area contributed by atoms with Gasteiger partial charge in [-0.2, -0.15) is 0 Å². The van der Waals surface area contributed by atoms with Crippen molar-refractivity contribution in [1.29, 1.82) is 0 Å². The summed E-state index contributed by atoms with van der Waals surface area (Å²) in [6.45, 7) is 4.89. The molecule has 1 unspecified atom stereocenters. The van der Waals surface area contributed by atoms with Crippen molar-refractivity contribution in [3.63, 3.8) is 0 Å². The van der Waals surface area contributed by atoms with Gasteiger partial charge in [0.1, 0.15) is 11.8 Å². The van der Waals surface area contributed by atoms with Crippen molar-refractivity contribution in [3.8, 4) is 5.75 Å². The smallest absolute Gasteiger partial charge is 0.239 e. The quantitative estimate of drug-likeness (QED) is 0.858. The second kappa shape index (κ2) is 6.59. The third kappa shape index (κ3) is 3.34. The molecule has 0 fully saturated rings. The molecule has 0 aromatic heterocycles. The Balaban J connectivity index is 2.56. The molecule has 4 nitrogen and oxygen atoms in total. The molecule has 0 radical (unpaired) electrons. The van der Waals surface area contributed by atoms with Crippen molar-refractivity contribution >= 4 is 16.7 Å². The number of carbonyl (C=O) groups excluding carboxylic acids is 1. The molecule has 0 saturated heterocycles. The number of nitrogens with two attached hydrogens (primary N) is 1. The summed E-state index contributed by atoms with van der Waals surface area (Å²) < 4.78 is 5.44. The fraction of sp³-hybridized carbons (Fsp3) is 0.353. The van der Waals surface area contributed by atoms with Crippen molar-refractivity contribution in [2.45, 2.75) is 19.9 Å². The molecule has 112 valence electrons. The first-order chi connectivity index (χ1) is 10.0. The molecular weight excluding hydrogens is 264 g/mol. The Labute approximate surface area is 125 Å². The van der Waals surface area contributed by atoms with Crippen LogP contribution < -0.4 is 15.8 Å². The van der Waals surface area contributed by atoms with Gasteiger partial charge < -0.3 is 15.8 Å². The Morgan fingerprint density at radius 2 is 1.95 bits per heavy atom. The lowest BCUT2D eigenvalue weighted by molar-refractivity contribution is -0.120. The van der Waals surface area contributed by atoms with Gasteiger partial charge >= 0.3 is 0 Å². The summed E-state index contributed by atoms with van der Waals surface area (Å²) in [6.07, 6.45) is 0. The van der Waals surface area contributed by atoms with Crippen molar-refractivity contribution in [1.82, 2.24) is 5.32 Å². The lowest BCUT2D eigenvalue weighted by atomic mass is 9.96. The Morgan fingerprint density at radius 1 is 1.24 bits per heavy atom. The number of primary amides is 1. The van der Waals surface area contributed by atoms with Gasteiger partial charge in [-0.05, 0) is 29.3 Å². The van der Waals surface area contributed by atoms with E-state index in [0.717, 1.165) is 16.3 Å². The van der Waals surface area contributed by atoms with E-state index in [9.17, 15) is 4.79 Å². The Morgan fingerprint density at radius 3 is 2.57 bits per heavy atom. The zero-order chi connectivity index (χ0) is 15.4. The van der Waals surface area contributed by atoms with E-state index in [-0.39, 0.29) is 0 Å². The maximum Gasteiger partial charge on any atom is 0.239 e. The Kier molecular flexibility index (Phi) is 4.81. The third-order valence-corrected chi connectivity index (χ3v) is 3.45. The first-order valence-electron chi connectivity index (χ1n) is 7.13. The van der Waals surface area contributed by atoms with Crippen molar-refractivity contribution in [3.05, 3.63) is 42.0 Å². The molecule has 0 aliphatic rings. The molecule has 1 amide bonds. The molecule has 2 rings (SSSR count). The van der Waals surface area contributed by atoms with Gasteiger partial charge in [-0.3, -0.25) is 4.79 Å². The van der Waals surface area contributed by atoms with E-state index in [1.54, 1.807) is 7.11 Å². The van der Waals surface area contributed by atoms with E-state index < -0.39 is 11.9 Å². The molecule has 0 aliphatic heterocycles. The average molecular weight is 286 g/mol. The fourth-order valence-corrected chi connectivity index (χ4v) is 2.45. The summed E-state index contributed by atoms with van der Waals surface area (Å²) in [5.41, 5.74) is 6.42. The maximum atomic E-state index is 11.9. The SMILES string of the molecule is COc1ccc2ccccc2c1C(NCC(C)C)C(N)=O. The summed E-state index contributed by atoms with van der Waals surface area (Å²) >= 11 is 0. The van der Waals surface area contributed by atoms with E-state index in [1.165, 1.54) is 0 Å². The van der Waals surface area contributed by atoms with Crippen LogP contribution in [-0.4, -0.2) is 19.6 Å². The lowest BCUT2D eigenvalue weighted by Crippen LogP contribution is -2.36. The first kappa shape index (κ1) is 15.3. The lowest BCUT2D eigenvalue weighted by Gasteiger charge is -2.21. The average Bonchev–Trinajstić information content (AvgIpc) is 2.46. The molecular formula is C17H22N2O2. The Hall–Kier alpha value is -2.07. The predicted octanol–water partition coefficient (Wildman–Crippen LogP) is 2.62. The van der Waals surface area contributed by atoms with Crippen LogP contribution >= 0.6 is 0 Å². The van der Waals surface area contributed by atoms with Gasteiger partial charge in [-0.1, -0.05) is 44.2 Å². The molecule has 0 aliphatic carbocycles. The number of carbonyl (C=O) groups is 1. The number of nitrogens with one attached hydrogen (secondary N) is 1. The van der Waals surface area contributed by atoms with Crippen molar-refractivity contribution in [2.24, 2.45) is 11.7 Å². The minimum absolute atomic E-state index is 0.398. The summed E-state index contributed by atoms with van der Waals surface area (Å²) in [7, 11) is 1.61. The van der Waals surface area contributed by atoms with E-state index in [4.69, 9.17) is 10.5 Å². The first-order valence-corrected chi connectivity index (χ1v) is 7.13. The molecule has 21 heavy (non-hydrogen) atoms. The maximum absolute atomic E-state index is 11.9. The van der Waals surface area contributed by atoms with Gasteiger partial charge in [0.25, 0.3) is 0 Å². The topological polar surface area (TPSA) is 64.3 Å². The largest absolute Gasteiger partial charge is 0.496 e. The summed E-state index contributed by atoms with van der Waals surface area (Å²) in [5.74, 6) is 0.701. The third-order valence-electron chi connectivity index (χ3n) is 3.45. The van der Waals surface area contributed by atoms with Crippen LogP contribution in [0.1, 0.15) is 25.5 Å². The second-order valence-corrected chi connectivity index (χ2v) is 5.54. The number of fused-ring (bicyclic) bond motifs is 1. The number of hydrogen-bond acceptors (Lipinski definition) is 3. The highest BCUT2D eigenvalue weighted by atomic mass is 16.5. The highest BCUT2D eigenvalue weighted by Crippen LogP contribution is 2.33. The molecule has 2 aromatic rings. The zero-order valence-electron chi connectivity index (χ0n) is 12.7. The van der Waals surface area contributed by atoms with Gasteiger partial charge in [0.15, 0.2) is 0 Å². The normalized spacial score (nSPS) is 12.6. The van der Waals surface area contributed by atoms with E-state index in [2.05, 4.69) is 19.2 Å². The Bertz CT molecular complexity index is 638. The van der Waals surface area contributed by atoms with E-state index in [1.807, 2.05) is 36.4 Å². The van der Waals surface area contributed by atoms with Gasteiger partial charge in [0, 0.05) is 5.56 Å². The number of ether oxygens (including phenoxy) is 1. The number of hydrogen-bond donors (Lipinski definition) is 2. The van der Waals surface area contributed by atoms with Crippen LogP contribution in [0.25, 0.3) is 10.8 Å². The van der Waals surface area contributed by atoms with Crippen LogP contribution in [0.2, 0.25) is 0 Å².